The van der Waals surface area contributed by atoms with Crippen molar-refractivity contribution in [3.8, 4) is 11.5 Å². The number of rotatable bonds is 9. The van der Waals surface area contributed by atoms with Crippen LogP contribution in [0.25, 0.3) is 0 Å². The summed E-state index contributed by atoms with van der Waals surface area (Å²) in [6, 6.07) is 5.10. The third-order valence-electron chi connectivity index (χ3n) is 3.82. The van der Waals surface area contributed by atoms with Crippen molar-refractivity contribution in [1.29, 1.82) is 0 Å². The first kappa shape index (κ1) is 22.3. The second kappa shape index (κ2) is 10.5. The number of hydrogen-bond acceptors (Lipinski definition) is 9. The van der Waals surface area contributed by atoms with Crippen LogP contribution < -0.4 is 20.5 Å². The van der Waals surface area contributed by atoms with Gasteiger partial charge in [-0.2, -0.15) is 0 Å². The minimum absolute atomic E-state index is 0.00810. The lowest BCUT2D eigenvalue weighted by molar-refractivity contribution is -0.115. The summed E-state index contributed by atoms with van der Waals surface area (Å²) >= 11 is 1.16. The molecule has 3 N–H and O–H groups in total. The molecular weight excluding hydrogens is 396 g/mol. The molecule has 0 aliphatic rings. The lowest BCUT2D eigenvalue weighted by Crippen LogP contribution is -2.25. The fourth-order valence-corrected chi connectivity index (χ4v) is 3.20. The molecule has 0 fully saturated rings. The third-order valence-corrected chi connectivity index (χ3v) is 5.06. The molecule has 0 unspecified atom stereocenters. The number of thioether (sulfide) groups is 1. The molecule has 1 aromatic carbocycles. The van der Waals surface area contributed by atoms with Crippen LogP contribution in [-0.2, 0) is 9.53 Å². The molecule has 1 heterocycles. The van der Waals surface area contributed by atoms with E-state index in [0.717, 1.165) is 11.8 Å². The van der Waals surface area contributed by atoms with E-state index in [1.54, 1.807) is 25.1 Å². The van der Waals surface area contributed by atoms with Gasteiger partial charge in [0.15, 0.2) is 5.16 Å². The average Bonchev–Trinajstić information content (AvgIpc) is 2.71. The maximum Gasteiger partial charge on any atom is 0.343 e. The van der Waals surface area contributed by atoms with Crippen LogP contribution in [0.15, 0.2) is 29.6 Å². The number of carbonyl (C=O) groups excluding carboxylic acids is 2. The van der Waals surface area contributed by atoms with E-state index < -0.39 is 11.2 Å². The van der Waals surface area contributed by atoms with Crippen LogP contribution in [-0.4, -0.2) is 47.9 Å². The Morgan fingerprint density at radius 1 is 1.17 bits per heavy atom. The molecule has 2 rings (SSSR count). The molecule has 0 saturated carbocycles. The fourth-order valence-electron chi connectivity index (χ4n) is 2.35. The zero-order valence-electron chi connectivity index (χ0n) is 16.7. The Hall–Kier alpha value is -3.01. The van der Waals surface area contributed by atoms with Gasteiger partial charge in [-0.1, -0.05) is 18.7 Å². The van der Waals surface area contributed by atoms with Crippen molar-refractivity contribution in [1.82, 2.24) is 9.97 Å². The first-order valence-corrected chi connectivity index (χ1v) is 9.79. The second-order valence-electron chi connectivity index (χ2n) is 5.78. The van der Waals surface area contributed by atoms with Crippen molar-refractivity contribution in [2.75, 3.05) is 31.9 Å². The van der Waals surface area contributed by atoms with Crippen molar-refractivity contribution in [2.24, 2.45) is 0 Å². The van der Waals surface area contributed by atoms with Crippen molar-refractivity contribution in [3.05, 3.63) is 30.0 Å². The quantitative estimate of drug-likeness (QED) is 0.358. The number of aromatic nitrogens is 2. The highest BCUT2D eigenvalue weighted by molar-refractivity contribution is 8.00. The second-order valence-corrected chi connectivity index (χ2v) is 6.95. The van der Waals surface area contributed by atoms with Crippen LogP contribution in [0.4, 0.5) is 11.5 Å². The minimum Gasteiger partial charge on any atom is -0.497 e. The molecule has 0 spiro atoms. The summed E-state index contributed by atoms with van der Waals surface area (Å²) in [6.45, 7) is 3.79. The lowest BCUT2D eigenvalue weighted by atomic mass is 10.2. The fraction of sp³-hybridized carbons (Fsp3) is 0.368. The van der Waals surface area contributed by atoms with Gasteiger partial charge >= 0.3 is 5.97 Å². The van der Waals surface area contributed by atoms with E-state index in [0.29, 0.717) is 28.8 Å². The lowest BCUT2D eigenvalue weighted by Gasteiger charge is -2.15. The maximum atomic E-state index is 12.7. The van der Waals surface area contributed by atoms with Gasteiger partial charge in [0.2, 0.25) is 5.91 Å². The molecule has 0 bridgehead atoms. The Bertz CT molecular complexity index is 855. The van der Waals surface area contributed by atoms with Gasteiger partial charge in [0, 0.05) is 30.1 Å². The molecule has 156 valence electrons. The Labute approximate surface area is 173 Å². The van der Waals surface area contributed by atoms with Crippen LogP contribution in [0.1, 0.15) is 30.6 Å². The molecule has 0 aliphatic carbocycles. The van der Waals surface area contributed by atoms with E-state index in [1.165, 1.54) is 20.4 Å². The number of methoxy groups -OCH3 is 2. The first-order valence-electron chi connectivity index (χ1n) is 8.92. The standard InChI is InChI=1S/C19H24N4O5S/c1-5-15(17(24)22-11-7-12(26-3)9-13(8-11)27-4)29-19-21-10-14(16(20)23-19)18(25)28-6-2/h7-10,15H,5-6H2,1-4H3,(H,22,24)(H2,20,21,23)/t15-/m1/s1. The predicted molar refractivity (Wildman–Crippen MR) is 111 cm³/mol. The van der Waals surface area contributed by atoms with E-state index in [9.17, 15) is 9.59 Å². The number of nitrogens with two attached hydrogens (primary N) is 1. The number of benzene rings is 1. The number of nitrogen functional groups attached to an aromatic ring is 1. The summed E-state index contributed by atoms with van der Waals surface area (Å²) in [7, 11) is 3.07. The summed E-state index contributed by atoms with van der Waals surface area (Å²) < 4.78 is 15.3. The van der Waals surface area contributed by atoms with Crippen LogP contribution in [0.3, 0.4) is 0 Å². The average molecular weight is 420 g/mol. The summed E-state index contributed by atoms with van der Waals surface area (Å²) in [4.78, 5) is 32.8. The summed E-state index contributed by atoms with van der Waals surface area (Å²) in [6.07, 6.45) is 1.83. The van der Waals surface area contributed by atoms with Gasteiger partial charge in [0.25, 0.3) is 0 Å². The Balaban J connectivity index is 2.12. The van der Waals surface area contributed by atoms with Crippen LogP contribution >= 0.6 is 11.8 Å². The third kappa shape index (κ3) is 5.98. The number of anilines is 2. The Morgan fingerprint density at radius 2 is 1.83 bits per heavy atom. The SMILES string of the molecule is CCOC(=O)c1cnc(S[C@H](CC)C(=O)Nc2cc(OC)cc(OC)c2)nc1N. The zero-order valence-corrected chi connectivity index (χ0v) is 17.5. The van der Waals surface area contributed by atoms with E-state index in [-0.39, 0.29) is 23.9 Å². The molecule has 1 aromatic heterocycles. The van der Waals surface area contributed by atoms with E-state index in [4.69, 9.17) is 19.9 Å². The number of esters is 1. The van der Waals surface area contributed by atoms with E-state index in [2.05, 4.69) is 15.3 Å². The largest absolute Gasteiger partial charge is 0.497 e. The first-order chi connectivity index (χ1) is 13.9. The van der Waals surface area contributed by atoms with Crippen LogP contribution in [0.2, 0.25) is 0 Å². The van der Waals surface area contributed by atoms with Gasteiger partial charge in [-0.05, 0) is 13.3 Å². The van der Waals surface area contributed by atoms with Gasteiger partial charge in [0.05, 0.1) is 26.1 Å². The summed E-state index contributed by atoms with van der Waals surface area (Å²) in [5, 5.41) is 2.66. The molecule has 2 aromatic rings. The van der Waals surface area contributed by atoms with Crippen LogP contribution in [0.5, 0.6) is 11.5 Å². The molecular formula is C19H24N4O5S. The van der Waals surface area contributed by atoms with Gasteiger partial charge in [-0.15, -0.1) is 0 Å². The van der Waals surface area contributed by atoms with Crippen molar-refractivity contribution < 1.29 is 23.8 Å². The number of amides is 1. The predicted octanol–water partition coefficient (Wildman–Crippen LogP) is 2.76. The normalized spacial score (nSPS) is 11.4. The molecule has 1 atom stereocenters. The van der Waals surface area contributed by atoms with Crippen molar-refractivity contribution in [2.45, 2.75) is 30.7 Å². The monoisotopic (exact) mass is 420 g/mol. The van der Waals surface area contributed by atoms with Crippen LogP contribution in [0, 0.1) is 0 Å². The zero-order chi connectivity index (χ0) is 21.4. The summed E-state index contributed by atoms with van der Waals surface area (Å²) in [5.41, 5.74) is 6.48. The highest BCUT2D eigenvalue weighted by atomic mass is 32.2. The smallest absolute Gasteiger partial charge is 0.343 e. The van der Waals surface area contributed by atoms with E-state index >= 15 is 0 Å². The highest BCUT2D eigenvalue weighted by Crippen LogP contribution is 2.28. The molecule has 10 heteroatoms. The molecule has 0 radical (unpaired) electrons. The molecule has 1 amide bonds. The molecule has 0 aliphatic heterocycles. The number of nitrogens with zero attached hydrogens (tertiary/aromatic N) is 2. The van der Waals surface area contributed by atoms with Crippen molar-refractivity contribution >= 4 is 35.1 Å². The Morgan fingerprint density at radius 3 is 2.34 bits per heavy atom. The number of nitrogens with one attached hydrogen (secondary N) is 1. The topological polar surface area (TPSA) is 126 Å². The van der Waals surface area contributed by atoms with Crippen molar-refractivity contribution in [3.63, 3.8) is 0 Å². The Kier molecular flexibility index (Phi) is 8.08. The summed E-state index contributed by atoms with van der Waals surface area (Å²) in [5.74, 6) is 0.313. The maximum absolute atomic E-state index is 12.7. The van der Waals surface area contributed by atoms with Gasteiger partial charge in [0.1, 0.15) is 22.9 Å². The number of ether oxygens (including phenoxy) is 3. The minimum atomic E-state index is -0.585. The molecule has 29 heavy (non-hydrogen) atoms. The van der Waals surface area contributed by atoms with Gasteiger partial charge in [-0.3, -0.25) is 4.79 Å². The molecule has 9 nitrogen and oxygen atoms in total. The number of carbonyl (C=O) groups is 2. The highest BCUT2D eigenvalue weighted by Gasteiger charge is 2.21. The molecule has 0 saturated heterocycles. The van der Waals surface area contributed by atoms with Gasteiger partial charge in [-0.25, -0.2) is 14.8 Å². The van der Waals surface area contributed by atoms with E-state index in [1.807, 2.05) is 6.92 Å². The van der Waals surface area contributed by atoms with Gasteiger partial charge < -0.3 is 25.3 Å². The number of hydrogen-bond donors (Lipinski definition) is 2.